The maximum Gasteiger partial charge on any atom is 0.251 e. The lowest BCUT2D eigenvalue weighted by Gasteiger charge is -2.12. The number of carbonyl (C=O) groups is 1. The van der Waals surface area contributed by atoms with Gasteiger partial charge in [-0.05, 0) is 32.0 Å². The predicted octanol–water partition coefficient (Wildman–Crippen LogP) is 2.27. The first-order chi connectivity index (χ1) is 10.1. The van der Waals surface area contributed by atoms with Gasteiger partial charge in [0.15, 0.2) is 0 Å². The Labute approximate surface area is 123 Å². The molecule has 21 heavy (non-hydrogen) atoms. The predicted molar refractivity (Wildman–Crippen MR) is 79.7 cm³/mol. The van der Waals surface area contributed by atoms with E-state index in [-0.39, 0.29) is 5.91 Å². The maximum absolute atomic E-state index is 11.7. The monoisotopic (exact) mass is 289 g/mol. The SMILES string of the molecule is CNC(=O)c1ccc(OC)c(NCc2c(C)noc2C)c1. The molecule has 112 valence electrons. The highest BCUT2D eigenvalue weighted by Gasteiger charge is 2.12. The van der Waals surface area contributed by atoms with Gasteiger partial charge in [0.2, 0.25) is 0 Å². The second-order valence-corrected chi connectivity index (χ2v) is 4.65. The van der Waals surface area contributed by atoms with Crippen LogP contribution in [0.1, 0.15) is 27.4 Å². The molecule has 1 aromatic carbocycles. The molecule has 6 heteroatoms. The van der Waals surface area contributed by atoms with Crippen molar-refractivity contribution >= 4 is 11.6 Å². The van der Waals surface area contributed by atoms with Crippen molar-refractivity contribution in [3.05, 3.63) is 40.8 Å². The summed E-state index contributed by atoms with van der Waals surface area (Å²) in [7, 11) is 3.19. The molecule has 0 spiro atoms. The lowest BCUT2D eigenvalue weighted by molar-refractivity contribution is 0.0963. The van der Waals surface area contributed by atoms with Crippen LogP contribution in [0.25, 0.3) is 0 Å². The van der Waals surface area contributed by atoms with Gasteiger partial charge in [0, 0.05) is 24.7 Å². The van der Waals surface area contributed by atoms with E-state index in [4.69, 9.17) is 9.26 Å². The highest BCUT2D eigenvalue weighted by Crippen LogP contribution is 2.26. The van der Waals surface area contributed by atoms with Crippen LogP contribution in [0.5, 0.6) is 5.75 Å². The third-order valence-electron chi connectivity index (χ3n) is 3.33. The lowest BCUT2D eigenvalue weighted by Crippen LogP contribution is -2.18. The molecule has 2 rings (SSSR count). The molecule has 2 N–H and O–H groups in total. The van der Waals surface area contributed by atoms with E-state index in [0.29, 0.717) is 17.9 Å². The molecule has 0 radical (unpaired) electrons. The Balaban J connectivity index is 2.23. The van der Waals surface area contributed by atoms with Crippen LogP contribution in [0.3, 0.4) is 0 Å². The molecule has 0 saturated carbocycles. The van der Waals surface area contributed by atoms with Crippen molar-refractivity contribution in [2.75, 3.05) is 19.5 Å². The second-order valence-electron chi connectivity index (χ2n) is 4.65. The number of carbonyl (C=O) groups excluding carboxylic acids is 1. The summed E-state index contributed by atoms with van der Waals surface area (Å²) in [4.78, 5) is 11.7. The minimum atomic E-state index is -0.141. The number of nitrogens with one attached hydrogen (secondary N) is 2. The first-order valence-electron chi connectivity index (χ1n) is 6.62. The van der Waals surface area contributed by atoms with E-state index in [1.54, 1.807) is 32.4 Å². The number of benzene rings is 1. The molecule has 1 aromatic heterocycles. The van der Waals surface area contributed by atoms with Crippen molar-refractivity contribution in [1.29, 1.82) is 0 Å². The van der Waals surface area contributed by atoms with Gasteiger partial charge in [0.1, 0.15) is 11.5 Å². The van der Waals surface area contributed by atoms with E-state index in [0.717, 1.165) is 22.7 Å². The fourth-order valence-corrected chi connectivity index (χ4v) is 2.07. The Morgan fingerprint density at radius 2 is 2.14 bits per heavy atom. The third kappa shape index (κ3) is 3.16. The van der Waals surface area contributed by atoms with Crippen LogP contribution >= 0.6 is 0 Å². The van der Waals surface area contributed by atoms with Gasteiger partial charge < -0.3 is 19.9 Å². The van der Waals surface area contributed by atoms with E-state index in [1.807, 2.05) is 13.8 Å². The average Bonchev–Trinajstić information content (AvgIpc) is 2.82. The van der Waals surface area contributed by atoms with Crippen LogP contribution in [-0.2, 0) is 6.54 Å². The van der Waals surface area contributed by atoms with Crippen LogP contribution < -0.4 is 15.4 Å². The summed E-state index contributed by atoms with van der Waals surface area (Å²) in [6, 6.07) is 5.24. The van der Waals surface area contributed by atoms with E-state index in [1.165, 1.54) is 0 Å². The minimum Gasteiger partial charge on any atom is -0.495 e. The van der Waals surface area contributed by atoms with Gasteiger partial charge in [-0.25, -0.2) is 0 Å². The zero-order valence-electron chi connectivity index (χ0n) is 12.6. The Bertz CT molecular complexity index is 630. The largest absolute Gasteiger partial charge is 0.495 e. The fraction of sp³-hybridized carbons (Fsp3) is 0.333. The highest BCUT2D eigenvalue weighted by molar-refractivity contribution is 5.95. The molecule has 0 aliphatic rings. The molecule has 0 bridgehead atoms. The zero-order chi connectivity index (χ0) is 15.4. The molecular formula is C15H19N3O3. The van der Waals surface area contributed by atoms with Crippen LogP contribution in [0, 0.1) is 13.8 Å². The van der Waals surface area contributed by atoms with Gasteiger partial charge in [0.05, 0.1) is 18.5 Å². The second kappa shape index (κ2) is 6.30. The number of hydrogen-bond acceptors (Lipinski definition) is 5. The van der Waals surface area contributed by atoms with Crippen LogP contribution in [-0.4, -0.2) is 25.2 Å². The van der Waals surface area contributed by atoms with Crippen molar-refractivity contribution in [3.8, 4) is 5.75 Å². The van der Waals surface area contributed by atoms with Gasteiger partial charge in [-0.15, -0.1) is 0 Å². The van der Waals surface area contributed by atoms with E-state index >= 15 is 0 Å². The Hall–Kier alpha value is -2.50. The Morgan fingerprint density at radius 3 is 2.71 bits per heavy atom. The smallest absolute Gasteiger partial charge is 0.251 e. The fourth-order valence-electron chi connectivity index (χ4n) is 2.07. The standard InChI is InChI=1S/C15H19N3O3/c1-9-12(10(2)21-18-9)8-17-13-7-11(15(19)16-3)5-6-14(13)20-4/h5-7,17H,8H2,1-4H3,(H,16,19). The van der Waals surface area contributed by atoms with Gasteiger partial charge in [-0.3, -0.25) is 4.79 Å². The summed E-state index contributed by atoms with van der Waals surface area (Å²) in [5.41, 5.74) is 3.17. The number of rotatable bonds is 5. The third-order valence-corrected chi connectivity index (χ3v) is 3.33. The van der Waals surface area contributed by atoms with Gasteiger partial charge in [-0.1, -0.05) is 5.16 Å². The van der Waals surface area contributed by atoms with E-state index in [2.05, 4.69) is 15.8 Å². The summed E-state index contributed by atoms with van der Waals surface area (Å²) in [6.45, 7) is 4.32. The van der Waals surface area contributed by atoms with Crippen molar-refractivity contribution < 1.29 is 14.1 Å². The molecule has 1 heterocycles. The van der Waals surface area contributed by atoms with E-state index in [9.17, 15) is 4.79 Å². The molecule has 0 atom stereocenters. The summed E-state index contributed by atoms with van der Waals surface area (Å²) in [6.07, 6.45) is 0. The van der Waals surface area contributed by atoms with Crippen molar-refractivity contribution in [2.45, 2.75) is 20.4 Å². The molecule has 6 nitrogen and oxygen atoms in total. The minimum absolute atomic E-state index is 0.141. The Kier molecular flexibility index (Phi) is 4.47. The number of ether oxygens (including phenoxy) is 1. The molecule has 0 unspecified atom stereocenters. The van der Waals surface area contributed by atoms with Crippen LogP contribution in [0.15, 0.2) is 22.7 Å². The number of methoxy groups -OCH3 is 1. The number of aryl methyl sites for hydroxylation is 2. The lowest BCUT2D eigenvalue weighted by atomic mass is 10.1. The van der Waals surface area contributed by atoms with Crippen LogP contribution in [0.4, 0.5) is 5.69 Å². The summed E-state index contributed by atoms with van der Waals surface area (Å²) in [5.74, 6) is 1.31. The first-order valence-corrected chi connectivity index (χ1v) is 6.62. The molecule has 0 saturated heterocycles. The van der Waals surface area contributed by atoms with Crippen molar-refractivity contribution in [1.82, 2.24) is 10.5 Å². The maximum atomic E-state index is 11.7. The van der Waals surface area contributed by atoms with Crippen LogP contribution in [0.2, 0.25) is 0 Å². The molecule has 0 fully saturated rings. The molecular weight excluding hydrogens is 270 g/mol. The van der Waals surface area contributed by atoms with Crippen molar-refractivity contribution in [2.24, 2.45) is 0 Å². The molecule has 1 amide bonds. The van der Waals surface area contributed by atoms with Gasteiger partial charge in [0.25, 0.3) is 5.91 Å². The highest BCUT2D eigenvalue weighted by atomic mass is 16.5. The Morgan fingerprint density at radius 1 is 1.38 bits per heavy atom. The average molecular weight is 289 g/mol. The number of amides is 1. The number of aromatic nitrogens is 1. The molecule has 0 aliphatic heterocycles. The number of hydrogen-bond donors (Lipinski definition) is 2. The first kappa shape index (κ1) is 14.9. The number of anilines is 1. The molecule has 2 aromatic rings. The normalized spacial score (nSPS) is 10.3. The molecule has 0 aliphatic carbocycles. The summed E-state index contributed by atoms with van der Waals surface area (Å²) < 4.78 is 10.4. The van der Waals surface area contributed by atoms with Crippen molar-refractivity contribution in [3.63, 3.8) is 0 Å². The zero-order valence-corrected chi connectivity index (χ0v) is 12.6. The summed E-state index contributed by atoms with van der Waals surface area (Å²) >= 11 is 0. The van der Waals surface area contributed by atoms with Gasteiger partial charge >= 0.3 is 0 Å². The quantitative estimate of drug-likeness (QED) is 0.883. The summed E-state index contributed by atoms with van der Waals surface area (Å²) in [5, 5.41) is 9.78. The van der Waals surface area contributed by atoms with Gasteiger partial charge in [-0.2, -0.15) is 0 Å². The topological polar surface area (TPSA) is 76.4 Å². The van der Waals surface area contributed by atoms with E-state index < -0.39 is 0 Å². The number of nitrogens with zero attached hydrogens (tertiary/aromatic N) is 1.